The minimum atomic E-state index is 0.846. The summed E-state index contributed by atoms with van der Waals surface area (Å²) in [6.07, 6.45) is 4.51. The summed E-state index contributed by atoms with van der Waals surface area (Å²) in [5, 5.41) is 5.82. The van der Waals surface area contributed by atoms with E-state index in [1.807, 2.05) is 11.8 Å². The van der Waals surface area contributed by atoms with E-state index in [1.165, 1.54) is 59.4 Å². The zero-order valence-electron chi connectivity index (χ0n) is 33.9. The highest BCUT2D eigenvalue weighted by Crippen LogP contribution is 2.56. The average Bonchev–Trinajstić information content (AvgIpc) is 3.92. The van der Waals surface area contributed by atoms with Crippen molar-refractivity contribution in [2.45, 2.75) is 9.79 Å². The van der Waals surface area contributed by atoms with Crippen LogP contribution < -0.4 is 4.90 Å². The highest BCUT2D eigenvalue weighted by atomic mass is 32.2. The van der Waals surface area contributed by atoms with Gasteiger partial charge in [0, 0.05) is 59.1 Å². The third-order valence-electron chi connectivity index (χ3n) is 13.1. The normalized spacial score (nSPS) is 12.9. The number of benzene rings is 9. The first kappa shape index (κ1) is 34.7. The van der Waals surface area contributed by atoms with Gasteiger partial charge in [0.25, 0.3) is 0 Å². The highest BCUT2D eigenvalue weighted by Gasteiger charge is 2.33. The molecule has 4 nitrogen and oxygen atoms in total. The monoisotopic (exact) mass is 821 g/mol. The molecule has 5 heteroatoms. The van der Waals surface area contributed by atoms with Crippen LogP contribution >= 0.6 is 11.8 Å². The van der Waals surface area contributed by atoms with Crippen molar-refractivity contribution in [3.05, 3.63) is 211 Å². The lowest BCUT2D eigenvalue weighted by atomic mass is 9.98. The molecule has 0 spiro atoms. The molecule has 0 fully saturated rings. The second kappa shape index (κ2) is 13.3. The number of para-hydroxylation sites is 7. The Hall–Kier alpha value is -7.99. The number of fused-ring (bicyclic) bond motifs is 15. The molecule has 0 unspecified atom stereocenters. The van der Waals surface area contributed by atoms with Crippen molar-refractivity contribution < 1.29 is 4.42 Å². The summed E-state index contributed by atoms with van der Waals surface area (Å²) in [7, 11) is 0. The predicted octanol–water partition coefficient (Wildman–Crippen LogP) is 16.4. The van der Waals surface area contributed by atoms with Crippen molar-refractivity contribution in [1.82, 2.24) is 9.13 Å². The summed E-state index contributed by atoms with van der Waals surface area (Å²) in [5.74, 6) is 0. The van der Waals surface area contributed by atoms with Gasteiger partial charge in [-0.2, -0.15) is 0 Å². The Kier molecular flexibility index (Phi) is 7.30. The fourth-order valence-electron chi connectivity index (χ4n) is 10.4. The Morgan fingerprint density at radius 1 is 0.365 bits per heavy atom. The Bertz CT molecular complexity index is 3900. The first-order chi connectivity index (χ1) is 31.3. The van der Waals surface area contributed by atoms with Crippen LogP contribution in [-0.4, -0.2) is 9.13 Å². The lowest BCUT2D eigenvalue weighted by Crippen LogP contribution is -2.11. The average molecular weight is 822 g/mol. The summed E-state index contributed by atoms with van der Waals surface area (Å²) in [6, 6.07) is 72.6. The van der Waals surface area contributed by atoms with Crippen LogP contribution in [0, 0.1) is 0 Å². The van der Waals surface area contributed by atoms with E-state index >= 15 is 0 Å². The quantitative estimate of drug-likeness (QED) is 0.178. The van der Waals surface area contributed by atoms with Crippen molar-refractivity contribution in [1.29, 1.82) is 0 Å². The summed E-state index contributed by atoms with van der Waals surface area (Å²) < 4.78 is 12.2. The first-order valence-electron chi connectivity index (χ1n) is 21.4. The zero-order valence-corrected chi connectivity index (χ0v) is 34.7. The van der Waals surface area contributed by atoms with Gasteiger partial charge in [0.15, 0.2) is 11.2 Å². The largest absolute Gasteiger partial charge is 0.452 e. The van der Waals surface area contributed by atoms with Gasteiger partial charge in [-0.05, 0) is 77.9 Å². The number of nitrogens with zero attached hydrogens (tertiary/aromatic N) is 3. The maximum absolute atomic E-state index is 7.37. The van der Waals surface area contributed by atoms with E-state index < -0.39 is 0 Å². The van der Waals surface area contributed by atoms with Gasteiger partial charge in [-0.1, -0.05) is 157 Å². The maximum Gasteiger partial charge on any atom is 0.159 e. The van der Waals surface area contributed by atoms with Gasteiger partial charge in [-0.15, -0.1) is 0 Å². The van der Waals surface area contributed by atoms with Crippen molar-refractivity contribution in [2.24, 2.45) is 0 Å². The second-order valence-corrected chi connectivity index (χ2v) is 17.5. The standard InChI is InChI=1S/C58H35N3OS/c1-2-17-38(18-3-1)59-47-26-10-6-20-42(47)55-43-21-7-11-27-48(43)60(49-28-12-8-22-44(49)56(55)59)50-29-14-23-40-41-24-15-30-51(58(41)62-57(40)50)61-46-25-9-5-19-39(46)45-35-54-37(34-52(45)61)33-32-36-16-4-13-31-53(36)63-54/h1-35H. The van der Waals surface area contributed by atoms with Crippen LogP contribution in [0.5, 0.6) is 0 Å². The van der Waals surface area contributed by atoms with E-state index in [-0.39, 0.29) is 0 Å². The molecule has 0 bridgehead atoms. The number of hydrogen-bond acceptors (Lipinski definition) is 3. The van der Waals surface area contributed by atoms with E-state index in [0.717, 1.165) is 67.0 Å². The van der Waals surface area contributed by atoms with Crippen molar-refractivity contribution in [2.75, 3.05) is 4.90 Å². The summed E-state index contributed by atoms with van der Waals surface area (Å²) in [5.41, 5.74) is 17.7. The molecular formula is C58H35N3OS. The molecule has 0 amide bonds. The molecule has 63 heavy (non-hydrogen) atoms. The van der Waals surface area contributed by atoms with Gasteiger partial charge in [0.2, 0.25) is 0 Å². The minimum Gasteiger partial charge on any atom is -0.452 e. The maximum atomic E-state index is 7.37. The van der Waals surface area contributed by atoms with Gasteiger partial charge in [-0.25, -0.2) is 0 Å². The highest BCUT2D eigenvalue weighted by molar-refractivity contribution is 7.99. The van der Waals surface area contributed by atoms with Crippen LogP contribution in [0.2, 0.25) is 0 Å². The Morgan fingerprint density at radius 2 is 0.952 bits per heavy atom. The third-order valence-corrected chi connectivity index (χ3v) is 14.2. The summed E-state index contributed by atoms with van der Waals surface area (Å²) in [4.78, 5) is 4.95. The van der Waals surface area contributed by atoms with Crippen LogP contribution in [0.4, 0.5) is 17.1 Å². The third kappa shape index (κ3) is 4.94. The molecule has 0 saturated heterocycles. The SMILES string of the molecule is C1=Cc2cc3c(cc2Sc2ccccc21)c1ccccc1n3-c1cccc2c1oc1c(N3c4ccccc4-c4c(n(-c5ccccc5)c5ccccc45)-c4ccccc43)cccc12. The predicted molar refractivity (Wildman–Crippen MR) is 263 cm³/mol. The van der Waals surface area contributed by atoms with Crippen LogP contribution in [0.1, 0.15) is 11.1 Å². The molecule has 12 aromatic rings. The molecule has 0 radical (unpaired) electrons. The molecule has 14 rings (SSSR count). The van der Waals surface area contributed by atoms with Crippen LogP contribution in [0.25, 0.3) is 101 Å². The van der Waals surface area contributed by atoms with Crippen molar-refractivity contribution in [3.8, 4) is 33.8 Å². The van der Waals surface area contributed by atoms with Crippen molar-refractivity contribution >= 4 is 95.6 Å². The molecule has 9 aromatic carbocycles. The molecule has 5 heterocycles. The number of hydrogen-bond donors (Lipinski definition) is 0. The molecule has 0 aliphatic carbocycles. The molecule has 3 aromatic heterocycles. The van der Waals surface area contributed by atoms with E-state index in [1.54, 1.807) is 0 Å². The number of rotatable bonds is 3. The van der Waals surface area contributed by atoms with Gasteiger partial charge in [0.1, 0.15) is 0 Å². The topological polar surface area (TPSA) is 26.2 Å². The Balaban J connectivity index is 1.02. The lowest BCUT2D eigenvalue weighted by molar-refractivity contribution is 0.666. The molecule has 0 N–H and O–H groups in total. The summed E-state index contributed by atoms with van der Waals surface area (Å²) >= 11 is 1.84. The molecule has 2 aliphatic heterocycles. The fourth-order valence-corrected chi connectivity index (χ4v) is 11.5. The van der Waals surface area contributed by atoms with E-state index in [2.05, 4.69) is 226 Å². The van der Waals surface area contributed by atoms with Gasteiger partial charge in [0.05, 0.1) is 45.0 Å². The van der Waals surface area contributed by atoms with Crippen LogP contribution in [0.15, 0.2) is 214 Å². The molecular weight excluding hydrogens is 787 g/mol. The number of aromatic nitrogens is 2. The number of furan rings is 1. The molecule has 0 saturated carbocycles. The second-order valence-electron chi connectivity index (χ2n) is 16.4. The van der Waals surface area contributed by atoms with E-state index in [4.69, 9.17) is 4.42 Å². The van der Waals surface area contributed by atoms with Crippen molar-refractivity contribution in [3.63, 3.8) is 0 Å². The summed E-state index contributed by atoms with van der Waals surface area (Å²) in [6.45, 7) is 0. The smallest absolute Gasteiger partial charge is 0.159 e. The van der Waals surface area contributed by atoms with Gasteiger partial charge >= 0.3 is 0 Å². The first-order valence-corrected chi connectivity index (χ1v) is 22.2. The Morgan fingerprint density at radius 3 is 1.78 bits per heavy atom. The molecule has 2 aliphatic rings. The zero-order chi connectivity index (χ0) is 41.2. The van der Waals surface area contributed by atoms with Crippen LogP contribution in [0.3, 0.4) is 0 Å². The van der Waals surface area contributed by atoms with Gasteiger partial charge < -0.3 is 18.5 Å². The minimum absolute atomic E-state index is 0.846. The Labute approximate surface area is 367 Å². The van der Waals surface area contributed by atoms with Crippen LogP contribution in [-0.2, 0) is 0 Å². The number of anilines is 3. The molecule has 0 atom stereocenters. The lowest BCUT2D eigenvalue weighted by Gasteiger charge is -2.27. The van der Waals surface area contributed by atoms with E-state index in [9.17, 15) is 0 Å². The molecule has 294 valence electrons. The fraction of sp³-hybridized carbons (Fsp3) is 0. The van der Waals surface area contributed by atoms with Gasteiger partial charge in [-0.3, -0.25) is 0 Å². The van der Waals surface area contributed by atoms with E-state index in [0.29, 0.717) is 0 Å².